The second-order valence-electron chi connectivity index (χ2n) is 4.66. The van der Waals surface area contributed by atoms with E-state index in [0.29, 0.717) is 6.04 Å². The van der Waals surface area contributed by atoms with Gasteiger partial charge in [-0.1, -0.05) is 58.8 Å². The molecule has 1 atom stereocenters. The maximum atomic E-state index is 5.85. The monoisotopic (exact) mass is 214 g/mol. The van der Waals surface area contributed by atoms with Gasteiger partial charge in [0, 0.05) is 13.1 Å². The van der Waals surface area contributed by atoms with Gasteiger partial charge in [-0.05, 0) is 12.8 Å². The van der Waals surface area contributed by atoms with Crippen LogP contribution in [0.1, 0.15) is 71.6 Å². The predicted octanol–water partition coefficient (Wildman–Crippen LogP) is 3.71. The first kappa shape index (κ1) is 14.9. The first-order valence-electron chi connectivity index (χ1n) is 6.69. The molecule has 15 heavy (non-hydrogen) atoms. The highest BCUT2D eigenvalue weighted by Crippen LogP contribution is 2.13. The summed E-state index contributed by atoms with van der Waals surface area (Å²) in [5.41, 5.74) is 0. The van der Waals surface area contributed by atoms with E-state index in [0.717, 1.165) is 0 Å². The lowest BCUT2D eigenvalue weighted by molar-refractivity contribution is 0.215. The number of hydrazine groups is 1. The lowest BCUT2D eigenvalue weighted by Gasteiger charge is -2.23. The summed E-state index contributed by atoms with van der Waals surface area (Å²) in [5, 5.41) is 1.91. The summed E-state index contributed by atoms with van der Waals surface area (Å²) in [6.07, 6.45) is 12.0. The Morgan fingerprint density at radius 3 is 1.93 bits per heavy atom. The second-order valence-corrected chi connectivity index (χ2v) is 4.66. The van der Waals surface area contributed by atoms with Crippen molar-refractivity contribution in [2.24, 2.45) is 5.84 Å². The van der Waals surface area contributed by atoms with Crippen molar-refractivity contribution in [1.82, 2.24) is 5.01 Å². The van der Waals surface area contributed by atoms with E-state index in [2.05, 4.69) is 13.8 Å². The molecule has 0 fully saturated rings. The molecule has 0 spiro atoms. The van der Waals surface area contributed by atoms with E-state index >= 15 is 0 Å². The highest BCUT2D eigenvalue weighted by molar-refractivity contribution is 4.65. The number of rotatable bonds is 10. The van der Waals surface area contributed by atoms with Crippen LogP contribution in [0.25, 0.3) is 0 Å². The van der Waals surface area contributed by atoms with E-state index in [1.807, 2.05) is 12.1 Å². The predicted molar refractivity (Wildman–Crippen MR) is 68.6 cm³/mol. The molecule has 0 aromatic heterocycles. The van der Waals surface area contributed by atoms with Crippen molar-refractivity contribution in [2.45, 2.75) is 77.7 Å². The molecule has 2 heteroatoms. The molecule has 0 aliphatic rings. The van der Waals surface area contributed by atoms with Crippen LogP contribution in [-0.2, 0) is 0 Å². The standard InChI is InChI=1S/C13H30N2/c1-4-6-8-9-10-12-13(15(3)14)11-7-5-2/h13H,4-12,14H2,1-3H3. The summed E-state index contributed by atoms with van der Waals surface area (Å²) < 4.78 is 0. The SMILES string of the molecule is CCCCCCCC(CCCC)N(C)N. The van der Waals surface area contributed by atoms with Crippen LogP contribution in [0.3, 0.4) is 0 Å². The molecular formula is C13H30N2. The van der Waals surface area contributed by atoms with Crippen molar-refractivity contribution >= 4 is 0 Å². The molecule has 92 valence electrons. The number of hydrogen-bond donors (Lipinski definition) is 1. The van der Waals surface area contributed by atoms with Crippen LogP contribution in [0.4, 0.5) is 0 Å². The van der Waals surface area contributed by atoms with E-state index in [9.17, 15) is 0 Å². The zero-order valence-electron chi connectivity index (χ0n) is 11.0. The fourth-order valence-corrected chi connectivity index (χ4v) is 1.97. The number of hydrogen-bond acceptors (Lipinski definition) is 2. The van der Waals surface area contributed by atoms with Gasteiger partial charge in [-0.15, -0.1) is 0 Å². The van der Waals surface area contributed by atoms with Crippen LogP contribution < -0.4 is 5.84 Å². The smallest absolute Gasteiger partial charge is 0.0238 e. The average Bonchev–Trinajstić information content (AvgIpc) is 2.21. The van der Waals surface area contributed by atoms with Gasteiger partial charge in [0.1, 0.15) is 0 Å². The van der Waals surface area contributed by atoms with Gasteiger partial charge in [0.15, 0.2) is 0 Å². The van der Waals surface area contributed by atoms with E-state index in [-0.39, 0.29) is 0 Å². The van der Waals surface area contributed by atoms with E-state index in [1.165, 1.54) is 57.8 Å². The fraction of sp³-hybridized carbons (Fsp3) is 1.00. The molecule has 0 saturated carbocycles. The largest absolute Gasteiger partial charge is 0.269 e. The van der Waals surface area contributed by atoms with E-state index < -0.39 is 0 Å². The highest BCUT2D eigenvalue weighted by Gasteiger charge is 2.10. The molecule has 1 unspecified atom stereocenters. The van der Waals surface area contributed by atoms with Crippen molar-refractivity contribution < 1.29 is 0 Å². The summed E-state index contributed by atoms with van der Waals surface area (Å²) in [4.78, 5) is 0. The number of nitrogens with zero attached hydrogens (tertiary/aromatic N) is 1. The third kappa shape index (κ3) is 8.88. The van der Waals surface area contributed by atoms with Crippen LogP contribution >= 0.6 is 0 Å². The van der Waals surface area contributed by atoms with Crippen molar-refractivity contribution in [3.63, 3.8) is 0 Å². The van der Waals surface area contributed by atoms with Crippen LogP contribution in [-0.4, -0.2) is 18.1 Å². The van der Waals surface area contributed by atoms with Gasteiger partial charge in [0.2, 0.25) is 0 Å². The van der Waals surface area contributed by atoms with Crippen LogP contribution in [0.5, 0.6) is 0 Å². The molecule has 0 bridgehead atoms. The van der Waals surface area contributed by atoms with Gasteiger partial charge >= 0.3 is 0 Å². The zero-order valence-corrected chi connectivity index (χ0v) is 11.0. The first-order chi connectivity index (χ1) is 7.22. The van der Waals surface area contributed by atoms with Crippen molar-refractivity contribution in [1.29, 1.82) is 0 Å². The summed E-state index contributed by atoms with van der Waals surface area (Å²) in [6.45, 7) is 4.51. The maximum Gasteiger partial charge on any atom is 0.0238 e. The van der Waals surface area contributed by atoms with Gasteiger partial charge in [-0.2, -0.15) is 0 Å². The Labute approximate surface area is 96.2 Å². The highest BCUT2D eigenvalue weighted by atomic mass is 15.4. The molecule has 0 aliphatic carbocycles. The molecule has 2 nitrogen and oxygen atoms in total. The van der Waals surface area contributed by atoms with Gasteiger partial charge in [-0.3, -0.25) is 5.84 Å². The molecule has 0 aliphatic heterocycles. The first-order valence-corrected chi connectivity index (χ1v) is 6.69. The maximum absolute atomic E-state index is 5.85. The molecule has 0 heterocycles. The molecule has 0 rings (SSSR count). The molecule has 0 saturated heterocycles. The molecule has 2 N–H and O–H groups in total. The molecule has 0 aromatic carbocycles. The van der Waals surface area contributed by atoms with Crippen molar-refractivity contribution in [3.05, 3.63) is 0 Å². The lowest BCUT2D eigenvalue weighted by atomic mass is 10.0. The normalized spacial score (nSPS) is 13.4. The second kappa shape index (κ2) is 10.4. The van der Waals surface area contributed by atoms with Crippen LogP contribution in [0, 0.1) is 0 Å². The molecule has 0 aromatic rings. The summed E-state index contributed by atoms with van der Waals surface area (Å²) in [7, 11) is 2.01. The topological polar surface area (TPSA) is 29.3 Å². The Morgan fingerprint density at radius 2 is 1.40 bits per heavy atom. The van der Waals surface area contributed by atoms with E-state index in [1.54, 1.807) is 0 Å². The minimum atomic E-state index is 0.603. The Morgan fingerprint density at radius 1 is 0.867 bits per heavy atom. The lowest BCUT2D eigenvalue weighted by Crippen LogP contribution is -2.37. The van der Waals surface area contributed by atoms with E-state index in [4.69, 9.17) is 5.84 Å². The Hall–Kier alpha value is -0.0800. The van der Waals surface area contributed by atoms with Crippen molar-refractivity contribution in [3.8, 4) is 0 Å². The van der Waals surface area contributed by atoms with Crippen LogP contribution in [0.15, 0.2) is 0 Å². The molecule has 0 radical (unpaired) electrons. The van der Waals surface area contributed by atoms with Gasteiger partial charge in [-0.25, -0.2) is 5.01 Å². The average molecular weight is 214 g/mol. The molecule has 0 amide bonds. The Bertz CT molecular complexity index is 124. The third-order valence-corrected chi connectivity index (χ3v) is 3.11. The van der Waals surface area contributed by atoms with Gasteiger partial charge < -0.3 is 0 Å². The Balaban J connectivity index is 3.48. The summed E-state index contributed by atoms with van der Waals surface area (Å²) in [6, 6.07) is 0.603. The summed E-state index contributed by atoms with van der Waals surface area (Å²) in [5.74, 6) is 5.85. The quantitative estimate of drug-likeness (QED) is 0.341. The molecular weight excluding hydrogens is 184 g/mol. The zero-order chi connectivity index (χ0) is 11.5. The van der Waals surface area contributed by atoms with Gasteiger partial charge in [0.25, 0.3) is 0 Å². The fourth-order valence-electron chi connectivity index (χ4n) is 1.97. The third-order valence-electron chi connectivity index (χ3n) is 3.11. The van der Waals surface area contributed by atoms with Crippen LogP contribution in [0.2, 0.25) is 0 Å². The number of unbranched alkanes of at least 4 members (excludes halogenated alkanes) is 5. The minimum absolute atomic E-state index is 0.603. The van der Waals surface area contributed by atoms with Gasteiger partial charge in [0.05, 0.1) is 0 Å². The van der Waals surface area contributed by atoms with Crippen molar-refractivity contribution in [2.75, 3.05) is 7.05 Å². The summed E-state index contributed by atoms with van der Waals surface area (Å²) >= 11 is 0. The Kier molecular flexibility index (Phi) is 10.4. The number of nitrogens with two attached hydrogens (primary N) is 1. The minimum Gasteiger partial charge on any atom is -0.269 e.